The Morgan fingerprint density at radius 1 is 1.25 bits per heavy atom. The minimum atomic E-state index is -3.67. The molecule has 0 aliphatic rings. The Kier molecular flexibility index (Phi) is 5.72. The number of halogens is 1. The van der Waals surface area contributed by atoms with Crippen molar-refractivity contribution >= 4 is 21.6 Å². The number of rotatable bonds is 7. The van der Waals surface area contributed by atoms with Crippen molar-refractivity contribution in [2.75, 3.05) is 7.05 Å². The van der Waals surface area contributed by atoms with E-state index in [1.807, 2.05) is 13.8 Å². The van der Waals surface area contributed by atoms with E-state index >= 15 is 0 Å². The monoisotopic (exact) mass is 373 g/mol. The average Bonchev–Trinajstić information content (AvgIpc) is 3.00. The van der Waals surface area contributed by atoms with E-state index in [4.69, 9.17) is 11.6 Å². The third kappa shape index (κ3) is 3.36. The molecule has 24 heavy (non-hydrogen) atoms. The Morgan fingerprint density at radius 3 is 2.50 bits per heavy atom. The van der Waals surface area contributed by atoms with E-state index in [9.17, 15) is 8.42 Å². The summed E-state index contributed by atoms with van der Waals surface area (Å²) in [6, 6.07) is 0. The summed E-state index contributed by atoms with van der Waals surface area (Å²) < 4.78 is 30.8. The van der Waals surface area contributed by atoms with E-state index < -0.39 is 10.0 Å². The molecule has 0 saturated carbocycles. The van der Waals surface area contributed by atoms with Crippen LogP contribution in [0.1, 0.15) is 37.4 Å². The first kappa shape index (κ1) is 19.0. The Labute approximate surface area is 148 Å². The van der Waals surface area contributed by atoms with Crippen molar-refractivity contribution in [3.8, 4) is 0 Å². The molecule has 134 valence electrons. The molecule has 0 spiro atoms. The van der Waals surface area contributed by atoms with E-state index in [0.717, 1.165) is 6.42 Å². The lowest BCUT2D eigenvalue weighted by Crippen LogP contribution is -2.28. The molecule has 0 aliphatic carbocycles. The highest BCUT2D eigenvalue weighted by Gasteiger charge is 2.29. The molecule has 0 bridgehead atoms. The Morgan fingerprint density at radius 2 is 1.92 bits per heavy atom. The summed E-state index contributed by atoms with van der Waals surface area (Å²) >= 11 is 6.15. The Balaban J connectivity index is 2.38. The molecule has 0 unspecified atom stereocenters. The van der Waals surface area contributed by atoms with E-state index in [1.165, 1.54) is 10.5 Å². The first-order valence-electron chi connectivity index (χ1n) is 7.94. The van der Waals surface area contributed by atoms with Crippen LogP contribution in [0, 0.1) is 13.8 Å². The van der Waals surface area contributed by atoms with E-state index in [1.54, 1.807) is 30.3 Å². The van der Waals surface area contributed by atoms with E-state index in [0.29, 0.717) is 35.2 Å². The zero-order chi connectivity index (χ0) is 18.1. The fourth-order valence-corrected chi connectivity index (χ4v) is 4.45. The summed E-state index contributed by atoms with van der Waals surface area (Å²) in [4.78, 5) is 0.275. The van der Waals surface area contributed by atoms with E-state index in [-0.39, 0.29) is 11.4 Å². The molecule has 2 aromatic rings. The molecule has 7 nitrogen and oxygen atoms in total. The van der Waals surface area contributed by atoms with Gasteiger partial charge in [-0.05, 0) is 27.2 Å². The van der Waals surface area contributed by atoms with Crippen LogP contribution in [0.3, 0.4) is 0 Å². The topological polar surface area (TPSA) is 73.0 Å². The molecule has 2 aromatic heterocycles. The lowest BCUT2D eigenvalue weighted by atomic mass is 10.4. The van der Waals surface area contributed by atoms with Crippen LogP contribution in [0.2, 0.25) is 5.02 Å². The molecular weight excluding hydrogens is 350 g/mol. The van der Waals surface area contributed by atoms with Gasteiger partial charge in [-0.15, -0.1) is 0 Å². The molecule has 0 N–H and O–H groups in total. The second-order valence-corrected chi connectivity index (χ2v) is 8.13. The molecule has 0 aromatic carbocycles. The molecule has 9 heteroatoms. The maximum atomic E-state index is 13.0. The molecule has 0 fully saturated rings. The number of hydrogen-bond donors (Lipinski definition) is 0. The van der Waals surface area contributed by atoms with Crippen LogP contribution in [-0.4, -0.2) is 39.3 Å². The standard InChI is InChI=1S/C15H24ClN5O2S/c1-6-8-21-12(4)15(11(3)18-21)24(22,23)19(5)10-14-13(16)9-17-20(14)7-2/h9H,6-8,10H2,1-5H3. The molecule has 0 atom stereocenters. The van der Waals surface area contributed by atoms with Gasteiger partial charge in [0.05, 0.1) is 34.8 Å². The summed E-state index contributed by atoms with van der Waals surface area (Å²) in [5, 5.41) is 8.98. The van der Waals surface area contributed by atoms with Gasteiger partial charge in [0, 0.05) is 20.1 Å². The van der Waals surface area contributed by atoms with Gasteiger partial charge in [-0.3, -0.25) is 9.36 Å². The maximum Gasteiger partial charge on any atom is 0.246 e. The lowest BCUT2D eigenvalue weighted by molar-refractivity contribution is 0.446. The SMILES string of the molecule is CCCn1nc(C)c(S(=O)(=O)N(C)Cc2c(Cl)cnn2CC)c1C. The zero-order valence-corrected chi connectivity index (χ0v) is 16.3. The lowest BCUT2D eigenvalue weighted by Gasteiger charge is -2.18. The van der Waals surface area contributed by atoms with Crippen molar-refractivity contribution in [1.29, 1.82) is 0 Å². The van der Waals surface area contributed by atoms with Gasteiger partial charge in [-0.1, -0.05) is 18.5 Å². The summed E-state index contributed by atoms with van der Waals surface area (Å²) in [6.45, 7) is 8.97. The number of hydrogen-bond acceptors (Lipinski definition) is 4. The molecule has 0 amide bonds. The van der Waals surface area contributed by atoms with Crippen molar-refractivity contribution < 1.29 is 8.42 Å². The third-order valence-corrected chi connectivity index (χ3v) is 6.36. The second kappa shape index (κ2) is 7.25. The van der Waals surface area contributed by atoms with Crippen LogP contribution in [0.5, 0.6) is 0 Å². The summed E-state index contributed by atoms with van der Waals surface area (Å²) in [5.74, 6) is 0. The summed E-state index contributed by atoms with van der Waals surface area (Å²) in [5.41, 5.74) is 1.86. The highest BCUT2D eigenvalue weighted by atomic mass is 35.5. The van der Waals surface area contributed by atoms with Crippen molar-refractivity contribution in [2.45, 2.75) is 58.6 Å². The van der Waals surface area contributed by atoms with Crippen LogP contribution in [0.25, 0.3) is 0 Å². The summed E-state index contributed by atoms with van der Waals surface area (Å²) in [6.07, 6.45) is 2.43. The maximum absolute atomic E-state index is 13.0. The summed E-state index contributed by atoms with van der Waals surface area (Å²) in [7, 11) is -2.12. The highest BCUT2D eigenvalue weighted by Crippen LogP contribution is 2.25. The van der Waals surface area contributed by atoms with Crippen molar-refractivity contribution in [2.24, 2.45) is 0 Å². The van der Waals surface area contributed by atoms with Crippen molar-refractivity contribution in [1.82, 2.24) is 23.9 Å². The normalized spacial score (nSPS) is 12.3. The van der Waals surface area contributed by atoms with Crippen LogP contribution in [0.4, 0.5) is 0 Å². The van der Waals surface area contributed by atoms with Crippen LogP contribution >= 0.6 is 11.6 Å². The van der Waals surface area contributed by atoms with Crippen molar-refractivity contribution in [3.05, 3.63) is 28.3 Å². The fourth-order valence-electron chi connectivity index (χ4n) is 2.75. The second-order valence-electron chi connectivity index (χ2n) is 5.74. The van der Waals surface area contributed by atoms with Gasteiger partial charge in [0.25, 0.3) is 0 Å². The van der Waals surface area contributed by atoms with Gasteiger partial charge in [0.15, 0.2) is 0 Å². The quantitative estimate of drug-likeness (QED) is 0.747. The number of sulfonamides is 1. The highest BCUT2D eigenvalue weighted by molar-refractivity contribution is 7.89. The molecule has 2 heterocycles. The minimum Gasteiger partial charge on any atom is -0.268 e. The predicted molar refractivity (Wildman–Crippen MR) is 93.6 cm³/mol. The third-order valence-electron chi connectivity index (χ3n) is 3.99. The smallest absolute Gasteiger partial charge is 0.246 e. The van der Waals surface area contributed by atoms with Gasteiger partial charge >= 0.3 is 0 Å². The number of aryl methyl sites for hydroxylation is 3. The molecule has 2 rings (SSSR count). The first-order valence-corrected chi connectivity index (χ1v) is 9.76. The molecular formula is C15H24ClN5O2S. The largest absolute Gasteiger partial charge is 0.268 e. The Hall–Kier alpha value is -1.38. The van der Waals surface area contributed by atoms with Crippen LogP contribution in [0.15, 0.2) is 11.1 Å². The molecule has 0 aliphatic heterocycles. The van der Waals surface area contributed by atoms with Crippen LogP contribution < -0.4 is 0 Å². The van der Waals surface area contributed by atoms with Crippen LogP contribution in [-0.2, 0) is 29.7 Å². The molecule has 0 saturated heterocycles. The first-order chi connectivity index (χ1) is 11.2. The van der Waals surface area contributed by atoms with Gasteiger partial charge in [-0.2, -0.15) is 14.5 Å². The van der Waals surface area contributed by atoms with Gasteiger partial charge in [0.1, 0.15) is 4.90 Å². The van der Waals surface area contributed by atoms with Gasteiger partial charge in [-0.25, -0.2) is 8.42 Å². The minimum absolute atomic E-state index is 0.160. The van der Waals surface area contributed by atoms with Gasteiger partial charge < -0.3 is 0 Å². The predicted octanol–water partition coefficient (Wildman–Crippen LogP) is 2.60. The molecule has 0 radical (unpaired) electrons. The van der Waals surface area contributed by atoms with E-state index in [2.05, 4.69) is 10.2 Å². The van der Waals surface area contributed by atoms with Gasteiger partial charge in [0.2, 0.25) is 10.0 Å². The number of aromatic nitrogens is 4. The Bertz CT molecular complexity index is 825. The number of nitrogens with zero attached hydrogens (tertiary/aromatic N) is 5. The fraction of sp³-hybridized carbons (Fsp3) is 0.600. The van der Waals surface area contributed by atoms with Crippen molar-refractivity contribution in [3.63, 3.8) is 0 Å². The zero-order valence-electron chi connectivity index (χ0n) is 14.7. The average molecular weight is 374 g/mol.